The third-order valence-electron chi connectivity index (χ3n) is 4.37. The Morgan fingerprint density at radius 3 is 2.54 bits per heavy atom. The summed E-state index contributed by atoms with van der Waals surface area (Å²) in [5.74, 6) is 0.991. The Balaban J connectivity index is 2.29. The topological polar surface area (TPSA) is 29.9 Å². The Bertz CT molecular complexity index is 722. The zero-order valence-electron chi connectivity index (χ0n) is 15.4. The number of rotatable bonds is 8. The number of hydrogen-bond donors (Lipinski definition) is 1. The van der Waals surface area contributed by atoms with E-state index in [2.05, 4.69) is 75.0 Å². The van der Waals surface area contributed by atoms with Crippen LogP contribution in [-0.2, 0) is 0 Å². The summed E-state index contributed by atoms with van der Waals surface area (Å²) in [5, 5.41) is 8.07. The highest BCUT2D eigenvalue weighted by atomic mass is 15.3. The van der Waals surface area contributed by atoms with E-state index in [9.17, 15) is 0 Å². The van der Waals surface area contributed by atoms with Crippen molar-refractivity contribution in [1.29, 1.82) is 0 Å². The molecule has 1 aromatic heterocycles. The third kappa shape index (κ3) is 4.38. The summed E-state index contributed by atoms with van der Waals surface area (Å²) in [6.45, 7) is 13.7. The van der Waals surface area contributed by atoms with Crippen molar-refractivity contribution in [1.82, 2.24) is 15.1 Å². The first kappa shape index (κ1) is 18.1. The van der Waals surface area contributed by atoms with E-state index in [1.807, 2.05) is 10.9 Å². The first-order valence-electron chi connectivity index (χ1n) is 8.76. The van der Waals surface area contributed by atoms with Crippen molar-refractivity contribution in [3.8, 4) is 0 Å². The Morgan fingerprint density at radius 1 is 1.17 bits per heavy atom. The lowest BCUT2D eigenvalue weighted by molar-refractivity contribution is 0.665. The summed E-state index contributed by atoms with van der Waals surface area (Å²) in [4.78, 5) is 0. The zero-order valence-corrected chi connectivity index (χ0v) is 15.4. The van der Waals surface area contributed by atoms with Crippen molar-refractivity contribution in [2.45, 2.75) is 47.0 Å². The maximum absolute atomic E-state index is 4.53. The van der Waals surface area contributed by atoms with E-state index >= 15 is 0 Å². The second-order valence-corrected chi connectivity index (χ2v) is 6.33. The molecule has 0 atom stereocenters. The van der Waals surface area contributed by atoms with Crippen LogP contribution in [0.15, 0.2) is 43.1 Å². The molecule has 0 fully saturated rings. The maximum Gasteiger partial charge on any atom is 0.128 e. The van der Waals surface area contributed by atoms with Crippen LogP contribution in [0.4, 0.5) is 0 Å². The first-order chi connectivity index (χ1) is 11.5. The average Bonchev–Trinajstić information content (AvgIpc) is 2.90. The monoisotopic (exact) mass is 323 g/mol. The Hall–Kier alpha value is -2.29. The molecule has 0 bridgehead atoms. The summed E-state index contributed by atoms with van der Waals surface area (Å²) < 4.78 is 1.98. The van der Waals surface area contributed by atoms with E-state index in [0.717, 1.165) is 30.1 Å². The molecule has 0 amide bonds. The Kier molecular flexibility index (Phi) is 6.42. The van der Waals surface area contributed by atoms with Gasteiger partial charge >= 0.3 is 0 Å². The van der Waals surface area contributed by atoms with Crippen LogP contribution in [-0.4, -0.2) is 16.3 Å². The molecule has 0 saturated carbocycles. The number of aryl methyl sites for hydroxylation is 2. The molecule has 3 heteroatoms. The molecule has 0 aliphatic carbocycles. The fraction of sp³-hybridized carbons (Fsp3) is 0.381. The maximum atomic E-state index is 4.53. The number of nitrogens with zero attached hydrogens (tertiary/aromatic N) is 2. The highest BCUT2D eigenvalue weighted by Gasteiger charge is 2.09. The van der Waals surface area contributed by atoms with Crippen LogP contribution in [0.1, 0.15) is 48.6 Å². The van der Waals surface area contributed by atoms with Gasteiger partial charge in [-0.2, -0.15) is 5.10 Å². The van der Waals surface area contributed by atoms with Crippen molar-refractivity contribution < 1.29 is 0 Å². The minimum absolute atomic E-state index is 0.944. The molecule has 0 unspecified atom stereocenters. The highest BCUT2D eigenvalue weighted by molar-refractivity contribution is 5.79. The van der Waals surface area contributed by atoms with Gasteiger partial charge < -0.3 is 5.32 Å². The van der Waals surface area contributed by atoms with Gasteiger partial charge in [0, 0.05) is 12.2 Å². The molecule has 1 heterocycles. The molecule has 24 heavy (non-hydrogen) atoms. The second-order valence-electron chi connectivity index (χ2n) is 6.33. The van der Waals surface area contributed by atoms with Crippen LogP contribution in [0.2, 0.25) is 0 Å². The average molecular weight is 323 g/mol. The number of hydrogen-bond acceptors (Lipinski definition) is 2. The summed E-state index contributed by atoms with van der Waals surface area (Å²) in [6.07, 6.45) is 7.62. The number of nitrogens with one attached hydrogen (secondary N) is 1. The van der Waals surface area contributed by atoms with Gasteiger partial charge in [0.1, 0.15) is 5.82 Å². The van der Waals surface area contributed by atoms with Crippen LogP contribution >= 0.6 is 0 Å². The van der Waals surface area contributed by atoms with Gasteiger partial charge in [0.25, 0.3) is 0 Å². The van der Waals surface area contributed by atoms with Gasteiger partial charge in [-0.15, -0.1) is 0 Å². The minimum Gasteiger partial charge on any atom is -0.370 e. The predicted molar refractivity (Wildman–Crippen MR) is 104 cm³/mol. The zero-order chi connectivity index (χ0) is 17.5. The van der Waals surface area contributed by atoms with Gasteiger partial charge in [-0.25, -0.2) is 4.68 Å². The van der Waals surface area contributed by atoms with E-state index in [0.29, 0.717) is 0 Å². The van der Waals surface area contributed by atoms with Crippen molar-refractivity contribution in [3.63, 3.8) is 0 Å². The van der Waals surface area contributed by atoms with E-state index < -0.39 is 0 Å². The van der Waals surface area contributed by atoms with Crippen LogP contribution in [0.5, 0.6) is 0 Å². The molecule has 0 radical (unpaired) electrons. The molecular formula is C21H29N3. The van der Waals surface area contributed by atoms with Crippen molar-refractivity contribution in [3.05, 3.63) is 65.5 Å². The van der Waals surface area contributed by atoms with Crippen LogP contribution in [0.25, 0.3) is 11.4 Å². The number of aromatic nitrogens is 2. The number of benzene rings is 1. The quantitative estimate of drug-likeness (QED) is 0.541. The molecule has 0 aliphatic rings. The summed E-state index contributed by atoms with van der Waals surface area (Å²) in [7, 11) is 0. The lowest BCUT2D eigenvalue weighted by atomic mass is 10.0. The predicted octanol–water partition coefficient (Wildman–Crippen LogP) is 5.10. The van der Waals surface area contributed by atoms with E-state index in [1.54, 1.807) is 0 Å². The van der Waals surface area contributed by atoms with Gasteiger partial charge in [-0.3, -0.25) is 0 Å². The molecule has 1 aromatic carbocycles. The van der Waals surface area contributed by atoms with Crippen LogP contribution < -0.4 is 5.32 Å². The van der Waals surface area contributed by atoms with Crippen molar-refractivity contribution >= 4 is 11.4 Å². The molecule has 2 aromatic rings. The number of unbranched alkanes of at least 4 members (excludes halogenated alkanes) is 2. The SMILES string of the molecule is C=C(/C=C(/NCCCCC)n1ncc(C)c1C)c1ccccc1C. The molecule has 0 saturated heterocycles. The molecule has 3 nitrogen and oxygen atoms in total. The van der Waals surface area contributed by atoms with Crippen molar-refractivity contribution in [2.24, 2.45) is 0 Å². The molecule has 2 rings (SSSR count). The van der Waals surface area contributed by atoms with Crippen LogP contribution in [0, 0.1) is 20.8 Å². The molecule has 128 valence electrons. The highest BCUT2D eigenvalue weighted by Crippen LogP contribution is 2.21. The Morgan fingerprint density at radius 2 is 1.92 bits per heavy atom. The molecule has 1 N–H and O–H groups in total. The standard InChI is InChI=1S/C21H29N3/c1-6-7-10-13-22-21(24-19(5)18(4)15-23-24)14-17(3)20-12-9-8-11-16(20)2/h8-9,11-12,14-15,22H,3,6-7,10,13H2,1-2,4-5H3/b21-14-. The van der Waals surface area contributed by atoms with Gasteiger partial charge in [-0.1, -0.05) is 50.6 Å². The summed E-state index contributed by atoms with van der Waals surface area (Å²) >= 11 is 0. The fourth-order valence-electron chi connectivity index (χ4n) is 2.69. The number of allylic oxidation sites excluding steroid dienone is 2. The molecular weight excluding hydrogens is 294 g/mol. The van der Waals surface area contributed by atoms with E-state index in [-0.39, 0.29) is 0 Å². The lowest BCUT2D eigenvalue weighted by Gasteiger charge is -2.15. The largest absolute Gasteiger partial charge is 0.370 e. The minimum atomic E-state index is 0.944. The molecule has 0 aliphatic heterocycles. The fourth-order valence-corrected chi connectivity index (χ4v) is 2.69. The normalized spacial score (nSPS) is 11.6. The Labute approximate surface area is 146 Å². The smallest absolute Gasteiger partial charge is 0.128 e. The van der Waals surface area contributed by atoms with Gasteiger partial charge in [0.05, 0.1) is 6.20 Å². The first-order valence-corrected chi connectivity index (χ1v) is 8.76. The van der Waals surface area contributed by atoms with Gasteiger partial charge in [-0.05, 0) is 55.5 Å². The van der Waals surface area contributed by atoms with Gasteiger partial charge in [0.15, 0.2) is 0 Å². The lowest BCUT2D eigenvalue weighted by Crippen LogP contribution is -2.20. The third-order valence-corrected chi connectivity index (χ3v) is 4.37. The van der Waals surface area contributed by atoms with E-state index in [1.165, 1.54) is 29.5 Å². The van der Waals surface area contributed by atoms with E-state index in [4.69, 9.17) is 0 Å². The second kappa shape index (κ2) is 8.53. The van der Waals surface area contributed by atoms with Crippen LogP contribution in [0.3, 0.4) is 0 Å². The molecule has 0 spiro atoms. The van der Waals surface area contributed by atoms with Crippen molar-refractivity contribution in [2.75, 3.05) is 6.54 Å². The summed E-state index contributed by atoms with van der Waals surface area (Å²) in [6, 6.07) is 8.34. The van der Waals surface area contributed by atoms with Gasteiger partial charge in [0.2, 0.25) is 0 Å². The summed E-state index contributed by atoms with van der Waals surface area (Å²) in [5.41, 5.74) is 5.75.